The van der Waals surface area contributed by atoms with Crippen LogP contribution in [0.1, 0.15) is 6.92 Å². The Balaban J connectivity index is 1.66. The van der Waals surface area contributed by atoms with E-state index in [1.54, 1.807) is 11.4 Å². The minimum atomic E-state index is -0.599. The van der Waals surface area contributed by atoms with Gasteiger partial charge in [0.05, 0.1) is 12.2 Å². The predicted molar refractivity (Wildman–Crippen MR) is 104 cm³/mol. The highest BCUT2D eigenvalue weighted by Crippen LogP contribution is 2.37. The van der Waals surface area contributed by atoms with Crippen molar-refractivity contribution in [1.29, 1.82) is 0 Å². The van der Waals surface area contributed by atoms with Crippen molar-refractivity contribution in [3.63, 3.8) is 0 Å². The number of hydrogen-bond acceptors (Lipinski definition) is 8. The number of hydrogen-bond donors (Lipinski definition) is 1. The van der Waals surface area contributed by atoms with Gasteiger partial charge in [-0.05, 0) is 23.6 Å². The quantitative estimate of drug-likeness (QED) is 0.542. The standard InChI is InChI=1S/C17H14N6O2S2/c1-2-23-21-15(20-22-23)14-13(11-6-4-3-5-7-11)18-16(27-14)19-17(24)25-12-8-9-26-10-12/h3-10H,2H2,1H3,(H,18,19,24). The van der Waals surface area contributed by atoms with Gasteiger partial charge in [0.25, 0.3) is 0 Å². The number of aromatic nitrogens is 5. The number of ether oxygens (including phenoxy) is 1. The largest absolute Gasteiger partial charge is 0.418 e. The summed E-state index contributed by atoms with van der Waals surface area (Å²) >= 11 is 2.72. The summed E-state index contributed by atoms with van der Waals surface area (Å²) in [5.41, 5.74) is 1.58. The summed E-state index contributed by atoms with van der Waals surface area (Å²) in [5.74, 6) is 0.956. The number of aryl methyl sites for hydroxylation is 1. The van der Waals surface area contributed by atoms with E-state index in [2.05, 4.69) is 25.7 Å². The molecule has 1 N–H and O–H groups in total. The lowest BCUT2D eigenvalue weighted by molar-refractivity contribution is 0.215. The van der Waals surface area contributed by atoms with E-state index in [9.17, 15) is 4.79 Å². The van der Waals surface area contributed by atoms with E-state index < -0.39 is 6.09 Å². The van der Waals surface area contributed by atoms with Crippen LogP contribution in [0.4, 0.5) is 9.93 Å². The molecular formula is C17H14N6O2S2. The Kier molecular flexibility index (Phi) is 4.90. The lowest BCUT2D eigenvalue weighted by Crippen LogP contribution is -2.16. The number of carbonyl (C=O) groups excluding carboxylic acids is 1. The van der Waals surface area contributed by atoms with E-state index in [1.807, 2.05) is 42.6 Å². The van der Waals surface area contributed by atoms with E-state index in [0.29, 0.717) is 28.9 Å². The first-order valence-electron chi connectivity index (χ1n) is 8.08. The summed E-state index contributed by atoms with van der Waals surface area (Å²) in [6, 6.07) is 11.4. The predicted octanol–water partition coefficient (Wildman–Crippen LogP) is 4.16. The topological polar surface area (TPSA) is 94.8 Å². The van der Waals surface area contributed by atoms with E-state index in [1.165, 1.54) is 27.5 Å². The van der Waals surface area contributed by atoms with E-state index >= 15 is 0 Å². The van der Waals surface area contributed by atoms with Crippen molar-refractivity contribution in [2.24, 2.45) is 0 Å². The highest BCUT2D eigenvalue weighted by atomic mass is 32.1. The summed E-state index contributed by atoms with van der Waals surface area (Å²) in [7, 11) is 0. The molecule has 0 unspecified atom stereocenters. The minimum absolute atomic E-state index is 0.400. The molecule has 0 saturated heterocycles. The zero-order chi connectivity index (χ0) is 18.6. The van der Waals surface area contributed by atoms with Gasteiger partial charge >= 0.3 is 6.09 Å². The number of thiazole rings is 1. The third-order valence-corrected chi connectivity index (χ3v) is 5.16. The summed E-state index contributed by atoms with van der Waals surface area (Å²) < 4.78 is 5.22. The lowest BCUT2D eigenvalue weighted by Gasteiger charge is -2.01. The van der Waals surface area contributed by atoms with Crippen LogP contribution in [0.2, 0.25) is 0 Å². The maximum absolute atomic E-state index is 12.1. The van der Waals surface area contributed by atoms with Crippen molar-refractivity contribution in [1.82, 2.24) is 25.2 Å². The molecule has 4 aromatic rings. The Morgan fingerprint density at radius 1 is 1.26 bits per heavy atom. The number of benzene rings is 1. The van der Waals surface area contributed by atoms with Crippen molar-refractivity contribution < 1.29 is 9.53 Å². The first-order valence-corrected chi connectivity index (χ1v) is 9.84. The van der Waals surface area contributed by atoms with Crippen LogP contribution in [0.3, 0.4) is 0 Å². The molecule has 0 aliphatic carbocycles. The normalized spacial score (nSPS) is 10.7. The van der Waals surface area contributed by atoms with Crippen LogP contribution in [0.15, 0.2) is 47.2 Å². The van der Waals surface area contributed by atoms with E-state index in [-0.39, 0.29) is 0 Å². The lowest BCUT2D eigenvalue weighted by atomic mass is 10.1. The zero-order valence-electron chi connectivity index (χ0n) is 14.2. The summed E-state index contributed by atoms with van der Waals surface area (Å²) in [6.45, 7) is 2.55. The third kappa shape index (κ3) is 3.86. The molecule has 3 heterocycles. The number of anilines is 1. The zero-order valence-corrected chi connectivity index (χ0v) is 15.8. The Bertz CT molecular complexity index is 1040. The van der Waals surface area contributed by atoms with Gasteiger partial charge in [0.2, 0.25) is 5.82 Å². The van der Waals surface area contributed by atoms with Crippen LogP contribution >= 0.6 is 22.7 Å². The molecule has 1 amide bonds. The fraction of sp³-hybridized carbons (Fsp3) is 0.118. The third-order valence-electron chi connectivity index (χ3n) is 3.53. The molecule has 136 valence electrons. The Hall–Kier alpha value is -3.11. The molecule has 27 heavy (non-hydrogen) atoms. The molecule has 0 atom stereocenters. The van der Waals surface area contributed by atoms with Crippen LogP contribution < -0.4 is 10.1 Å². The van der Waals surface area contributed by atoms with E-state index in [0.717, 1.165) is 10.4 Å². The average Bonchev–Trinajstić information content (AvgIpc) is 3.42. The average molecular weight is 398 g/mol. The number of thiophene rings is 1. The maximum Gasteiger partial charge on any atom is 0.418 e. The van der Waals surface area contributed by atoms with Gasteiger partial charge < -0.3 is 4.74 Å². The van der Waals surface area contributed by atoms with Crippen molar-refractivity contribution >= 4 is 33.9 Å². The van der Waals surface area contributed by atoms with Crippen LogP contribution in [0.25, 0.3) is 22.0 Å². The van der Waals surface area contributed by atoms with Crippen LogP contribution in [0, 0.1) is 0 Å². The number of tetrazole rings is 1. The molecule has 0 fully saturated rings. The molecule has 0 radical (unpaired) electrons. The van der Waals surface area contributed by atoms with Crippen molar-refractivity contribution in [3.05, 3.63) is 47.2 Å². The summed E-state index contributed by atoms with van der Waals surface area (Å²) in [5, 5.41) is 19.1. The van der Waals surface area contributed by atoms with Gasteiger partial charge in [-0.3, -0.25) is 5.32 Å². The van der Waals surface area contributed by atoms with E-state index in [4.69, 9.17) is 4.74 Å². The molecule has 0 aliphatic heterocycles. The smallest absolute Gasteiger partial charge is 0.409 e. The number of carbonyl (C=O) groups is 1. The highest BCUT2D eigenvalue weighted by molar-refractivity contribution is 7.19. The van der Waals surface area contributed by atoms with Gasteiger partial charge in [-0.1, -0.05) is 41.7 Å². The second-order valence-electron chi connectivity index (χ2n) is 5.34. The van der Waals surface area contributed by atoms with Gasteiger partial charge in [0.1, 0.15) is 10.6 Å². The van der Waals surface area contributed by atoms with Crippen molar-refractivity contribution in [2.75, 3.05) is 5.32 Å². The molecule has 4 rings (SSSR count). The van der Waals surface area contributed by atoms with Gasteiger partial charge in [-0.2, -0.15) is 4.80 Å². The van der Waals surface area contributed by atoms with Gasteiger partial charge in [-0.15, -0.1) is 21.5 Å². The number of amides is 1. The molecule has 0 saturated carbocycles. The Morgan fingerprint density at radius 2 is 2.11 bits per heavy atom. The monoisotopic (exact) mass is 398 g/mol. The van der Waals surface area contributed by atoms with Gasteiger partial charge in [-0.25, -0.2) is 9.78 Å². The number of rotatable bonds is 5. The second-order valence-corrected chi connectivity index (χ2v) is 7.12. The Labute approximate surface area is 162 Å². The fourth-order valence-corrected chi connectivity index (χ4v) is 3.76. The van der Waals surface area contributed by atoms with Crippen LogP contribution in [-0.2, 0) is 6.54 Å². The minimum Gasteiger partial charge on any atom is -0.409 e. The molecule has 8 nitrogen and oxygen atoms in total. The molecule has 1 aromatic carbocycles. The molecular weight excluding hydrogens is 384 g/mol. The SMILES string of the molecule is CCn1nnc(-c2sc(NC(=O)Oc3ccsc3)nc2-c2ccccc2)n1. The first kappa shape index (κ1) is 17.3. The maximum atomic E-state index is 12.1. The summed E-state index contributed by atoms with van der Waals surface area (Å²) in [4.78, 5) is 18.9. The molecule has 0 aliphatic rings. The summed E-state index contributed by atoms with van der Waals surface area (Å²) in [6.07, 6.45) is -0.599. The molecule has 0 bridgehead atoms. The molecule has 3 aromatic heterocycles. The van der Waals surface area contributed by atoms with Crippen LogP contribution in [0.5, 0.6) is 5.75 Å². The van der Waals surface area contributed by atoms with Gasteiger partial charge in [0.15, 0.2) is 5.13 Å². The van der Waals surface area contributed by atoms with Gasteiger partial charge in [0, 0.05) is 10.9 Å². The Morgan fingerprint density at radius 3 is 2.81 bits per heavy atom. The van der Waals surface area contributed by atoms with Crippen molar-refractivity contribution in [2.45, 2.75) is 13.5 Å². The van der Waals surface area contributed by atoms with Crippen molar-refractivity contribution in [3.8, 4) is 27.7 Å². The number of nitrogens with one attached hydrogen (secondary N) is 1. The first-order chi connectivity index (χ1) is 13.2. The second kappa shape index (κ2) is 7.64. The molecule has 0 spiro atoms. The number of nitrogens with zero attached hydrogens (tertiary/aromatic N) is 5. The highest BCUT2D eigenvalue weighted by Gasteiger charge is 2.20. The fourth-order valence-electron chi connectivity index (χ4n) is 2.31. The van der Waals surface area contributed by atoms with Crippen LogP contribution in [-0.4, -0.2) is 31.3 Å². The molecule has 10 heteroatoms.